The molecule has 0 aliphatic heterocycles. The standard InChI is InChI=1S/C27H31N3O5/c1-26(2,3)21-14-18(30-11-9-22(31)29-24(30)32)13-19(23(21)35-5)16-6-7-20-17(12-16)8-10-27(20,4)15-28-25(33)34/h6-7,9,11-14,28H,8,10,15H2,1-5H3,(H,33,34)(H,29,31,32). The quantitative estimate of drug-likeness (QED) is 0.515. The van der Waals surface area contributed by atoms with E-state index in [-0.39, 0.29) is 10.8 Å². The summed E-state index contributed by atoms with van der Waals surface area (Å²) in [5.41, 5.74) is 4.15. The van der Waals surface area contributed by atoms with Crippen molar-refractivity contribution in [2.75, 3.05) is 13.7 Å². The highest BCUT2D eigenvalue weighted by Crippen LogP contribution is 2.44. The predicted molar refractivity (Wildman–Crippen MR) is 135 cm³/mol. The average molecular weight is 478 g/mol. The molecular formula is C27H31N3O5. The minimum Gasteiger partial charge on any atom is -0.496 e. The van der Waals surface area contributed by atoms with Crippen LogP contribution in [0.5, 0.6) is 5.75 Å². The number of nitrogens with zero attached hydrogens (tertiary/aromatic N) is 1. The van der Waals surface area contributed by atoms with E-state index in [4.69, 9.17) is 9.84 Å². The Morgan fingerprint density at radius 1 is 1.20 bits per heavy atom. The van der Waals surface area contributed by atoms with E-state index in [0.717, 1.165) is 40.8 Å². The third-order valence-corrected chi connectivity index (χ3v) is 6.83. The number of methoxy groups -OCH3 is 1. The lowest BCUT2D eigenvalue weighted by atomic mass is 9.82. The van der Waals surface area contributed by atoms with Gasteiger partial charge in [0.25, 0.3) is 5.56 Å². The van der Waals surface area contributed by atoms with Crippen molar-refractivity contribution in [1.29, 1.82) is 0 Å². The number of ether oxygens (including phenoxy) is 1. The van der Waals surface area contributed by atoms with Crippen LogP contribution >= 0.6 is 0 Å². The minimum absolute atomic E-state index is 0.266. The predicted octanol–water partition coefficient (Wildman–Crippen LogP) is 3.97. The van der Waals surface area contributed by atoms with E-state index >= 15 is 0 Å². The van der Waals surface area contributed by atoms with Crippen LogP contribution in [-0.2, 0) is 17.3 Å². The fraction of sp³-hybridized carbons (Fsp3) is 0.370. The van der Waals surface area contributed by atoms with Crippen molar-refractivity contribution in [2.24, 2.45) is 0 Å². The van der Waals surface area contributed by atoms with E-state index < -0.39 is 17.3 Å². The largest absolute Gasteiger partial charge is 0.496 e. The molecule has 1 unspecified atom stereocenters. The maximum Gasteiger partial charge on any atom is 0.404 e. The highest BCUT2D eigenvalue weighted by molar-refractivity contribution is 5.77. The summed E-state index contributed by atoms with van der Waals surface area (Å²) in [7, 11) is 1.64. The zero-order valence-corrected chi connectivity index (χ0v) is 20.7. The molecule has 0 saturated heterocycles. The first-order valence-electron chi connectivity index (χ1n) is 11.6. The number of fused-ring (bicyclic) bond motifs is 1. The number of H-pyrrole nitrogens is 1. The summed E-state index contributed by atoms with van der Waals surface area (Å²) in [5, 5.41) is 11.6. The van der Waals surface area contributed by atoms with Crippen molar-refractivity contribution in [3.05, 3.63) is 80.1 Å². The van der Waals surface area contributed by atoms with Crippen LogP contribution in [0.4, 0.5) is 4.79 Å². The molecule has 2 aromatic carbocycles. The number of hydrogen-bond donors (Lipinski definition) is 3. The Bertz CT molecular complexity index is 1410. The molecule has 0 bridgehead atoms. The van der Waals surface area contributed by atoms with Gasteiger partial charge in [-0.05, 0) is 47.1 Å². The molecule has 184 valence electrons. The first-order chi connectivity index (χ1) is 16.4. The molecule has 1 heterocycles. The van der Waals surface area contributed by atoms with Gasteiger partial charge in [-0.15, -0.1) is 0 Å². The summed E-state index contributed by atoms with van der Waals surface area (Å²) in [6, 6.07) is 11.4. The van der Waals surface area contributed by atoms with Crippen LogP contribution in [0.25, 0.3) is 16.8 Å². The molecule has 8 heteroatoms. The van der Waals surface area contributed by atoms with Crippen molar-refractivity contribution in [1.82, 2.24) is 14.9 Å². The highest BCUT2D eigenvalue weighted by Gasteiger charge is 2.35. The Balaban J connectivity index is 1.89. The maximum absolute atomic E-state index is 12.6. The summed E-state index contributed by atoms with van der Waals surface area (Å²) in [4.78, 5) is 37.5. The summed E-state index contributed by atoms with van der Waals surface area (Å²) in [6.07, 6.45) is 2.14. The topological polar surface area (TPSA) is 113 Å². The summed E-state index contributed by atoms with van der Waals surface area (Å²) in [5.74, 6) is 0.729. The Morgan fingerprint density at radius 2 is 1.94 bits per heavy atom. The number of carboxylic acid groups (broad SMARTS) is 1. The van der Waals surface area contributed by atoms with Crippen molar-refractivity contribution in [2.45, 2.75) is 51.4 Å². The van der Waals surface area contributed by atoms with Crippen LogP contribution in [0.2, 0.25) is 0 Å². The Kier molecular flexibility index (Phi) is 6.09. The molecular weight excluding hydrogens is 446 g/mol. The van der Waals surface area contributed by atoms with Gasteiger partial charge in [0.2, 0.25) is 0 Å². The second-order valence-corrected chi connectivity index (χ2v) is 10.4. The molecule has 1 atom stereocenters. The lowest BCUT2D eigenvalue weighted by molar-refractivity contribution is 0.191. The number of benzene rings is 2. The van der Waals surface area contributed by atoms with Crippen LogP contribution in [0.15, 0.2) is 52.2 Å². The third kappa shape index (κ3) is 4.60. The van der Waals surface area contributed by atoms with Crippen LogP contribution < -0.4 is 21.3 Å². The second-order valence-electron chi connectivity index (χ2n) is 10.4. The number of nitrogens with one attached hydrogen (secondary N) is 2. The summed E-state index contributed by atoms with van der Waals surface area (Å²) < 4.78 is 7.32. The highest BCUT2D eigenvalue weighted by atomic mass is 16.5. The normalized spacial score (nSPS) is 17.2. The Hall–Kier alpha value is -3.81. The lowest BCUT2D eigenvalue weighted by Gasteiger charge is -2.27. The molecule has 1 aromatic heterocycles. The smallest absolute Gasteiger partial charge is 0.404 e. The van der Waals surface area contributed by atoms with E-state index in [1.165, 1.54) is 22.4 Å². The van der Waals surface area contributed by atoms with Crippen LogP contribution in [-0.4, -0.2) is 34.4 Å². The van der Waals surface area contributed by atoms with E-state index in [2.05, 4.69) is 50.1 Å². The molecule has 3 aromatic rings. The summed E-state index contributed by atoms with van der Waals surface area (Å²) in [6.45, 7) is 8.68. The maximum atomic E-state index is 12.6. The van der Waals surface area contributed by atoms with Crippen molar-refractivity contribution in [3.8, 4) is 22.6 Å². The van der Waals surface area contributed by atoms with Crippen LogP contribution in [0, 0.1) is 0 Å². The van der Waals surface area contributed by atoms with Crippen LogP contribution in [0.3, 0.4) is 0 Å². The molecule has 0 radical (unpaired) electrons. The van der Waals surface area contributed by atoms with E-state index in [1.807, 2.05) is 18.2 Å². The lowest BCUT2D eigenvalue weighted by Crippen LogP contribution is -2.36. The van der Waals surface area contributed by atoms with Gasteiger partial charge in [0.05, 0.1) is 12.8 Å². The van der Waals surface area contributed by atoms with Gasteiger partial charge >= 0.3 is 11.8 Å². The monoisotopic (exact) mass is 477 g/mol. The van der Waals surface area contributed by atoms with Gasteiger partial charge in [-0.1, -0.05) is 45.9 Å². The minimum atomic E-state index is -1.02. The molecule has 3 N–H and O–H groups in total. The number of amides is 1. The molecule has 35 heavy (non-hydrogen) atoms. The van der Waals surface area contributed by atoms with Crippen molar-refractivity contribution >= 4 is 6.09 Å². The zero-order chi connectivity index (χ0) is 25.5. The van der Waals surface area contributed by atoms with Gasteiger partial charge in [-0.25, -0.2) is 9.59 Å². The Labute approximate surface area is 203 Å². The average Bonchev–Trinajstić information content (AvgIpc) is 3.12. The third-order valence-electron chi connectivity index (χ3n) is 6.83. The molecule has 0 saturated carbocycles. The SMILES string of the molecule is COc1c(-c2ccc3c(c2)CCC3(C)CNC(=O)O)cc(-n2ccc(=O)[nH]c2=O)cc1C(C)(C)C. The van der Waals surface area contributed by atoms with Gasteiger partial charge in [0.15, 0.2) is 0 Å². The zero-order valence-electron chi connectivity index (χ0n) is 20.7. The van der Waals surface area contributed by atoms with E-state index in [0.29, 0.717) is 12.2 Å². The fourth-order valence-electron chi connectivity index (χ4n) is 4.92. The van der Waals surface area contributed by atoms with Crippen molar-refractivity contribution in [3.63, 3.8) is 0 Å². The molecule has 4 rings (SSSR count). The number of aromatic amines is 1. The summed E-state index contributed by atoms with van der Waals surface area (Å²) >= 11 is 0. The van der Waals surface area contributed by atoms with Crippen molar-refractivity contribution < 1.29 is 14.6 Å². The molecule has 1 aliphatic rings. The van der Waals surface area contributed by atoms with Gasteiger partial charge in [0, 0.05) is 35.3 Å². The van der Waals surface area contributed by atoms with Gasteiger partial charge < -0.3 is 15.2 Å². The van der Waals surface area contributed by atoms with Gasteiger partial charge in [-0.2, -0.15) is 0 Å². The first-order valence-corrected chi connectivity index (χ1v) is 11.6. The number of aromatic nitrogens is 2. The molecule has 1 amide bonds. The Morgan fingerprint density at radius 3 is 2.57 bits per heavy atom. The fourth-order valence-corrected chi connectivity index (χ4v) is 4.92. The first kappa shape index (κ1) is 24.3. The second kappa shape index (κ2) is 8.76. The van der Waals surface area contributed by atoms with Gasteiger partial charge in [-0.3, -0.25) is 14.3 Å². The number of hydrogen-bond acceptors (Lipinski definition) is 4. The molecule has 0 spiro atoms. The van der Waals surface area contributed by atoms with E-state index in [9.17, 15) is 14.4 Å². The molecule has 8 nitrogen and oxygen atoms in total. The number of rotatable bonds is 5. The van der Waals surface area contributed by atoms with Gasteiger partial charge in [0.1, 0.15) is 5.75 Å². The van der Waals surface area contributed by atoms with Crippen LogP contribution in [0.1, 0.15) is 50.8 Å². The molecule has 0 fully saturated rings. The number of carbonyl (C=O) groups is 1. The number of aryl methyl sites for hydroxylation is 1. The van der Waals surface area contributed by atoms with E-state index in [1.54, 1.807) is 7.11 Å². The molecule has 1 aliphatic carbocycles.